The van der Waals surface area contributed by atoms with Gasteiger partial charge < -0.3 is 14.8 Å². The number of benzene rings is 3. The molecule has 0 atom stereocenters. The lowest BCUT2D eigenvalue weighted by Crippen LogP contribution is -2.13. The smallest absolute Gasteiger partial charge is 0.338 e. The second-order valence-corrected chi connectivity index (χ2v) is 7.02. The van der Waals surface area contributed by atoms with E-state index in [1.807, 2.05) is 25.1 Å². The topological polar surface area (TPSA) is 64.6 Å². The first-order chi connectivity index (χ1) is 14.5. The highest BCUT2D eigenvalue weighted by Crippen LogP contribution is 2.21. The molecule has 30 heavy (non-hydrogen) atoms. The molecule has 0 heterocycles. The normalized spacial score (nSPS) is 10.4. The Balaban J connectivity index is 1.68. The van der Waals surface area contributed by atoms with E-state index in [2.05, 4.69) is 5.32 Å². The highest BCUT2D eigenvalue weighted by Gasteiger charge is 2.12. The van der Waals surface area contributed by atoms with Gasteiger partial charge in [-0.3, -0.25) is 4.79 Å². The van der Waals surface area contributed by atoms with E-state index < -0.39 is 0 Å². The Kier molecular flexibility index (Phi) is 7.09. The second-order valence-electron chi connectivity index (χ2n) is 6.61. The van der Waals surface area contributed by atoms with E-state index in [1.165, 1.54) is 0 Å². The molecule has 1 amide bonds. The molecule has 0 aliphatic heterocycles. The Labute approximate surface area is 180 Å². The molecule has 0 saturated heterocycles. The van der Waals surface area contributed by atoms with Crippen LogP contribution in [0, 0.1) is 6.92 Å². The van der Waals surface area contributed by atoms with Crippen LogP contribution in [0.25, 0.3) is 0 Å². The number of halogens is 1. The summed E-state index contributed by atoms with van der Waals surface area (Å²) in [5.41, 5.74) is 3.16. The number of anilines is 1. The summed E-state index contributed by atoms with van der Waals surface area (Å²) in [4.78, 5) is 24.5. The molecule has 0 aliphatic carbocycles. The van der Waals surface area contributed by atoms with E-state index in [9.17, 15) is 9.59 Å². The Morgan fingerprint density at radius 1 is 0.967 bits per heavy atom. The molecular weight excluding hydrogens is 402 g/mol. The average molecular weight is 424 g/mol. The number of nitrogens with one attached hydrogen (secondary N) is 1. The Hall–Kier alpha value is -3.31. The SMILES string of the molecule is CCOC(=O)c1ccc(NC(=O)c2cccc(OCc3ccccc3Cl)c2)c(C)c1. The summed E-state index contributed by atoms with van der Waals surface area (Å²) in [7, 11) is 0. The van der Waals surface area contributed by atoms with Gasteiger partial charge in [0.25, 0.3) is 5.91 Å². The molecule has 3 aromatic carbocycles. The third kappa shape index (κ3) is 5.39. The summed E-state index contributed by atoms with van der Waals surface area (Å²) in [6.45, 7) is 4.19. The summed E-state index contributed by atoms with van der Waals surface area (Å²) in [5.74, 6) is -0.0935. The van der Waals surface area contributed by atoms with E-state index in [4.69, 9.17) is 21.1 Å². The standard InChI is InChI=1S/C24H22ClNO4/c1-3-29-24(28)18-11-12-22(16(2)13-18)26-23(27)17-8-6-9-20(14-17)30-15-19-7-4-5-10-21(19)25/h4-14H,3,15H2,1-2H3,(H,26,27). The van der Waals surface area contributed by atoms with Crippen LogP contribution in [-0.4, -0.2) is 18.5 Å². The molecule has 0 bridgehead atoms. The minimum Gasteiger partial charge on any atom is -0.489 e. The minimum atomic E-state index is -0.387. The lowest BCUT2D eigenvalue weighted by atomic mass is 10.1. The van der Waals surface area contributed by atoms with Crippen molar-refractivity contribution < 1.29 is 19.1 Å². The quantitative estimate of drug-likeness (QED) is 0.498. The molecule has 0 spiro atoms. The zero-order chi connectivity index (χ0) is 21.5. The first-order valence-electron chi connectivity index (χ1n) is 9.53. The van der Waals surface area contributed by atoms with Gasteiger partial charge in [-0.2, -0.15) is 0 Å². The lowest BCUT2D eigenvalue weighted by molar-refractivity contribution is 0.0526. The fourth-order valence-corrected chi connectivity index (χ4v) is 3.03. The molecule has 3 rings (SSSR count). The number of amides is 1. The minimum absolute atomic E-state index is 0.273. The predicted octanol–water partition coefficient (Wildman–Crippen LogP) is 5.66. The number of aryl methyl sites for hydroxylation is 1. The van der Waals surface area contributed by atoms with Crippen molar-refractivity contribution in [3.8, 4) is 5.75 Å². The summed E-state index contributed by atoms with van der Waals surface area (Å²) >= 11 is 6.15. The summed E-state index contributed by atoms with van der Waals surface area (Å²) in [6.07, 6.45) is 0. The van der Waals surface area contributed by atoms with Crippen molar-refractivity contribution in [2.75, 3.05) is 11.9 Å². The van der Waals surface area contributed by atoms with Gasteiger partial charge in [0.2, 0.25) is 0 Å². The van der Waals surface area contributed by atoms with E-state index >= 15 is 0 Å². The molecule has 5 nitrogen and oxygen atoms in total. The van der Waals surface area contributed by atoms with Crippen molar-refractivity contribution >= 4 is 29.2 Å². The highest BCUT2D eigenvalue weighted by molar-refractivity contribution is 6.31. The Morgan fingerprint density at radius 3 is 2.50 bits per heavy atom. The van der Waals surface area contributed by atoms with E-state index in [1.54, 1.807) is 55.5 Å². The Bertz CT molecular complexity index is 1060. The average Bonchev–Trinajstić information content (AvgIpc) is 2.75. The maximum Gasteiger partial charge on any atom is 0.338 e. The first-order valence-corrected chi connectivity index (χ1v) is 9.91. The zero-order valence-electron chi connectivity index (χ0n) is 16.8. The molecule has 0 radical (unpaired) electrons. The number of esters is 1. The second kappa shape index (κ2) is 9.94. The molecular formula is C24H22ClNO4. The number of hydrogen-bond donors (Lipinski definition) is 1. The third-order valence-corrected chi connectivity index (χ3v) is 4.80. The van der Waals surface area contributed by atoms with Crippen LogP contribution < -0.4 is 10.1 Å². The third-order valence-electron chi connectivity index (χ3n) is 4.43. The van der Waals surface area contributed by atoms with Crippen LogP contribution >= 0.6 is 11.6 Å². The van der Waals surface area contributed by atoms with Crippen molar-refractivity contribution in [2.45, 2.75) is 20.5 Å². The molecule has 0 aromatic heterocycles. The highest BCUT2D eigenvalue weighted by atomic mass is 35.5. The molecule has 0 saturated carbocycles. The summed E-state index contributed by atoms with van der Waals surface area (Å²) in [6, 6.07) is 19.4. The van der Waals surface area contributed by atoms with Gasteiger partial charge in [-0.25, -0.2) is 4.79 Å². The van der Waals surface area contributed by atoms with E-state index in [0.29, 0.717) is 40.8 Å². The maximum absolute atomic E-state index is 12.7. The van der Waals surface area contributed by atoms with Crippen molar-refractivity contribution in [1.29, 1.82) is 0 Å². The molecule has 0 aliphatic rings. The molecule has 1 N–H and O–H groups in total. The number of hydrogen-bond acceptors (Lipinski definition) is 4. The summed E-state index contributed by atoms with van der Waals surface area (Å²) in [5, 5.41) is 3.50. The van der Waals surface area contributed by atoms with Crippen molar-refractivity contribution in [3.05, 3.63) is 94.0 Å². The van der Waals surface area contributed by atoms with Gasteiger partial charge in [0.1, 0.15) is 12.4 Å². The fourth-order valence-electron chi connectivity index (χ4n) is 2.84. The largest absolute Gasteiger partial charge is 0.489 e. The number of carbonyl (C=O) groups is 2. The predicted molar refractivity (Wildman–Crippen MR) is 117 cm³/mol. The van der Waals surface area contributed by atoms with Gasteiger partial charge >= 0.3 is 5.97 Å². The molecule has 0 unspecified atom stereocenters. The lowest BCUT2D eigenvalue weighted by Gasteiger charge is -2.12. The number of rotatable bonds is 7. The maximum atomic E-state index is 12.7. The van der Waals surface area contributed by atoms with Crippen LogP contribution in [-0.2, 0) is 11.3 Å². The van der Waals surface area contributed by atoms with E-state index in [0.717, 1.165) is 11.1 Å². The molecule has 6 heteroatoms. The molecule has 0 fully saturated rings. The van der Waals surface area contributed by atoms with E-state index in [-0.39, 0.29) is 11.9 Å². The van der Waals surface area contributed by atoms with Crippen LogP contribution in [0.3, 0.4) is 0 Å². The van der Waals surface area contributed by atoms with Crippen LogP contribution in [0.4, 0.5) is 5.69 Å². The monoisotopic (exact) mass is 423 g/mol. The van der Waals surface area contributed by atoms with Gasteiger partial charge in [0.05, 0.1) is 12.2 Å². The molecule has 154 valence electrons. The summed E-state index contributed by atoms with van der Waals surface area (Å²) < 4.78 is 10.8. The number of ether oxygens (including phenoxy) is 2. The van der Waals surface area contributed by atoms with Crippen molar-refractivity contribution in [3.63, 3.8) is 0 Å². The molecule has 3 aromatic rings. The number of carbonyl (C=O) groups excluding carboxylic acids is 2. The van der Waals surface area contributed by atoms with Gasteiger partial charge in [0.15, 0.2) is 0 Å². The van der Waals surface area contributed by atoms with Crippen LogP contribution in [0.15, 0.2) is 66.7 Å². The zero-order valence-corrected chi connectivity index (χ0v) is 17.5. The van der Waals surface area contributed by atoms with Gasteiger partial charge in [-0.15, -0.1) is 0 Å². The van der Waals surface area contributed by atoms with Crippen LogP contribution in [0.1, 0.15) is 38.8 Å². The Morgan fingerprint density at radius 2 is 1.77 bits per heavy atom. The van der Waals surface area contributed by atoms with Gasteiger partial charge in [0, 0.05) is 21.8 Å². The van der Waals surface area contributed by atoms with Gasteiger partial charge in [-0.05, 0) is 61.9 Å². The van der Waals surface area contributed by atoms with Crippen molar-refractivity contribution in [1.82, 2.24) is 0 Å². The first kappa shape index (κ1) is 21.4. The van der Waals surface area contributed by atoms with Crippen molar-refractivity contribution in [2.24, 2.45) is 0 Å². The van der Waals surface area contributed by atoms with Gasteiger partial charge in [-0.1, -0.05) is 35.9 Å². The fraction of sp³-hybridized carbons (Fsp3) is 0.167. The van der Waals surface area contributed by atoms with Crippen LogP contribution in [0.2, 0.25) is 5.02 Å². The van der Waals surface area contributed by atoms with Crippen LogP contribution in [0.5, 0.6) is 5.75 Å².